The minimum Gasteiger partial charge on any atom is -0.339 e. The number of likely N-dealkylation sites (N-methyl/N-ethyl adjacent to an activating group) is 1. The molecule has 218 valence electrons. The van der Waals surface area contributed by atoms with E-state index in [1.807, 2.05) is 0 Å². The van der Waals surface area contributed by atoms with Crippen molar-refractivity contribution in [2.24, 2.45) is 5.73 Å². The molecule has 0 saturated carbocycles. The van der Waals surface area contributed by atoms with E-state index >= 15 is 0 Å². The highest BCUT2D eigenvalue weighted by atomic mass is 35.5. The topological polar surface area (TPSA) is 111 Å². The maximum atomic E-state index is 14.3. The first-order valence-electron chi connectivity index (χ1n) is 14.3. The van der Waals surface area contributed by atoms with E-state index in [1.54, 1.807) is 36.2 Å². The van der Waals surface area contributed by atoms with Gasteiger partial charge in [-0.2, -0.15) is 5.26 Å². The van der Waals surface area contributed by atoms with E-state index in [4.69, 9.17) is 28.9 Å². The van der Waals surface area contributed by atoms with Gasteiger partial charge < -0.3 is 15.5 Å². The molecule has 10 heteroatoms. The van der Waals surface area contributed by atoms with Crippen molar-refractivity contribution < 1.29 is 14.4 Å². The van der Waals surface area contributed by atoms with Gasteiger partial charge in [0.15, 0.2) is 0 Å². The van der Waals surface area contributed by atoms with Crippen LogP contribution in [0.15, 0.2) is 42.5 Å². The number of anilines is 1. The number of hydrogen-bond donors (Lipinski definition) is 1. The fourth-order valence-corrected chi connectivity index (χ4v) is 6.55. The summed E-state index contributed by atoms with van der Waals surface area (Å²) in [4.78, 5) is 45.5. The van der Waals surface area contributed by atoms with Gasteiger partial charge in [-0.15, -0.1) is 0 Å². The summed E-state index contributed by atoms with van der Waals surface area (Å²) in [7, 11) is 1.60. The first kappa shape index (κ1) is 30.8. The Labute approximate surface area is 252 Å². The van der Waals surface area contributed by atoms with Crippen LogP contribution in [0.4, 0.5) is 10.5 Å². The molecule has 0 aliphatic carbocycles. The van der Waals surface area contributed by atoms with Gasteiger partial charge >= 0.3 is 6.03 Å². The predicted octanol–water partition coefficient (Wildman–Crippen LogP) is 6.10. The summed E-state index contributed by atoms with van der Waals surface area (Å²) in [6.07, 6.45) is 9.00. The quantitative estimate of drug-likeness (QED) is 0.235. The molecular weight excluding hydrogens is 561 g/mol. The summed E-state index contributed by atoms with van der Waals surface area (Å²) >= 11 is 12.4. The Morgan fingerprint density at radius 3 is 2.15 bits per heavy atom. The lowest BCUT2D eigenvalue weighted by Crippen LogP contribution is -2.54. The molecule has 2 heterocycles. The molecule has 0 aromatic heterocycles. The molecule has 8 nitrogen and oxygen atoms in total. The Balaban J connectivity index is 1.53. The van der Waals surface area contributed by atoms with Gasteiger partial charge in [-0.1, -0.05) is 73.9 Å². The van der Waals surface area contributed by atoms with Crippen LogP contribution in [0, 0.1) is 11.3 Å². The van der Waals surface area contributed by atoms with E-state index in [0.717, 1.165) is 49.1 Å². The van der Waals surface area contributed by atoms with Gasteiger partial charge in [-0.3, -0.25) is 9.59 Å². The number of carbonyl (C=O) groups is 3. The molecule has 2 atom stereocenters. The Kier molecular flexibility index (Phi) is 10.3. The molecule has 41 heavy (non-hydrogen) atoms. The van der Waals surface area contributed by atoms with Gasteiger partial charge in [0.1, 0.15) is 5.54 Å². The molecule has 2 aliphatic heterocycles. The van der Waals surface area contributed by atoms with E-state index in [-0.39, 0.29) is 18.1 Å². The summed E-state index contributed by atoms with van der Waals surface area (Å²) in [5, 5.41) is 9.89. The number of hydrogen-bond acceptors (Lipinski definition) is 5. The Hall–Kier alpha value is -3.12. The SMILES string of the molecule is CN1C(=O)N(c2cc(Cl)cc(Cl)c2)C(=O)C12CN(C(=O)CCCCCCCCCCN)CC2c1ccc(C#N)cc1. The van der Waals surface area contributed by atoms with Crippen LogP contribution in [0.25, 0.3) is 0 Å². The monoisotopic (exact) mass is 597 g/mol. The van der Waals surface area contributed by atoms with Crippen molar-refractivity contribution in [1.82, 2.24) is 9.80 Å². The van der Waals surface area contributed by atoms with Crippen molar-refractivity contribution in [3.05, 3.63) is 63.6 Å². The fraction of sp³-hybridized carbons (Fsp3) is 0.484. The van der Waals surface area contributed by atoms with Gasteiger partial charge in [0.2, 0.25) is 5.91 Å². The van der Waals surface area contributed by atoms with Crippen LogP contribution in [0.3, 0.4) is 0 Å². The summed E-state index contributed by atoms with van der Waals surface area (Å²) in [5.74, 6) is -0.933. The number of nitriles is 1. The van der Waals surface area contributed by atoms with Gasteiger partial charge in [-0.25, -0.2) is 9.69 Å². The Morgan fingerprint density at radius 2 is 1.56 bits per heavy atom. The van der Waals surface area contributed by atoms with E-state index < -0.39 is 23.4 Å². The smallest absolute Gasteiger partial charge is 0.332 e. The number of benzene rings is 2. The van der Waals surface area contributed by atoms with Crippen LogP contribution in [0.5, 0.6) is 0 Å². The summed E-state index contributed by atoms with van der Waals surface area (Å²) in [6, 6.07) is 13.2. The molecule has 2 saturated heterocycles. The second-order valence-electron chi connectivity index (χ2n) is 11.0. The van der Waals surface area contributed by atoms with Crippen molar-refractivity contribution in [2.45, 2.75) is 69.2 Å². The third kappa shape index (κ3) is 6.53. The highest BCUT2D eigenvalue weighted by Crippen LogP contribution is 2.46. The molecule has 2 aromatic rings. The lowest BCUT2D eigenvalue weighted by atomic mass is 9.80. The van der Waals surface area contributed by atoms with Crippen LogP contribution in [0.1, 0.15) is 74.8 Å². The molecular formula is C31H37Cl2N5O3. The normalized spacial score (nSPS) is 20.4. The molecule has 2 aromatic carbocycles. The number of nitrogens with two attached hydrogens (primary N) is 1. The zero-order valence-electron chi connectivity index (χ0n) is 23.5. The molecule has 2 aliphatic rings. The zero-order valence-corrected chi connectivity index (χ0v) is 25.0. The molecule has 4 rings (SSSR count). The molecule has 2 fully saturated rings. The standard InChI is InChI=1S/C31H37Cl2N5O3/c1-36-30(41)38(26-17-24(32)16-25(33)18-26)29(40)31(36)21-37(20-27(31)23-13-11-22(19-35)12-14-23)28(39)10-8-6-4-2-3-5-7-9-15-34/h11-14,16-18,27H,2-10,15,20-21,34H2,1H3. The summed E-state index contributed by atoms with van der Waals surface area (Å²) in [5.41, 5.74) is 5.80. The number of urea groups is 1. The Bertz CT molecular complexity index is 1290. The van der Waals surface area contributed by atoms with Crippen LogP contribution in [-0.2, 0) is 9.59 Å². The van der Waals surface area contributed by atoms with Crippen LogP contribution in [0.2, 0.25) is 10.0 Å². The molecule has 2 unspecified atom stereocenters. The Morgan fingerprint density at radius 1 is 0.976 bits per heavy atom. The third-order valence-corrected chi connectivity index (χ3v) is 8.74. The highest BCUT2D eigenvalue weighted by Gasteiger charge is 2.64. The van der Waals surface area contributed by atoms with Crippen molar-refractivity contribution in [3.63, 3.8) is 0 Å². The van der Waals surface area contributed by atoms with Gasteiger partial charge in [0, 0.05) is 36.0 Å². The summed E-state index contributed by atoms with van der Waals surface area (Å²) < 4.78 is 0. The number of nitrogens with zero attached hydrogens (tertiary/aromatic N) is 4. The lowest BCUT2D eigenvalue weighted by Gasteiger charge is -2.33. The number of amides is 4. The van der Waals surface area contributed by atoms with Crippen LogP contribution in [-0.4, -0.2) is 59.9 Å². The first-order valence-corrected chi connectivity index (χ1v) is 15.0. The fourth-order valence-electron chi connectivity index (χ4n) is 6.03. The number of halogens is 2. The molecule has 1 spiro atoms. The van der Waals surface area contributed by atoms with Gasteiger partial charge in [0.05, 0.1) is 23.9 Å². The minimum atomic E-state index is -1.31. The first-order chi connectivity index (χ1) is 19.7. The molecule has 0 bridgehead atoms. The molecule has 0 radical (unpaired) electrons. The maximum absolute atomic E-state index is 14.3. The number of carbonyl (C=O) groups excluding carboxylic acids is 3. The number of likely N-dealkylation sites (tertiary alicyclic amines) is 1. The van der Waals surface area contributed by atoms with E-state index in [1.165, 1.54) is 42.4 Å². The largest absolute Gasteiger partial charge is 0.339 e. The van der Waals surface area contributed by atoms with Crippen molar-refractivity contribution >= 4 is 46.7 Å². The van der Waals surface area contributed by atoms with Gasteiger partial charge in [0.25, 0.3) is 5.91 Å². The molecule has 4 amide bonds. The summed E-state index contributed by atoms with van der Waals surface area (Å²) in [6.45, 7) is 1.12. The number of rotatable bonds is 12. The van der Waals surface area contributed by atoms with E-state index in [2.05, 4.69) is 6.07 Å². The second kappa shape index (κ2) is 13.7. The predicted molar refractivity (Wildman–Crippen MR) is 161 cm³/mol. The minimum absolute atomic E-state index is 0.0265. The number of imide groups is 1. The number of unbranched alkanes of at least 4 members (excludes halogenated alkanes) is 7. The van der Waals surface area contributed by atoms with Gasteiger partial charge in [-0.05, 0) is 55.3 Å². The lowest BCUT2D eigenvalue weighted by molar-refractivity contribution is -0.131. The van der Waals surface area contributed by atoms with Crippen molar-refractivity contribution in [3.8, 4) is 6.07 Å². The average Bonchev–Trinajstić information content (AvgIpc) is 3.44. The maximum Gasteiger partial charge on any atom is 0.332 e. The van der Waals surface area contributed by atoms with E-state index in [9.17, 15) is 19.6 Å². The van der Waals surface area contributed by atoms with Crippen molar-refractivity contribution in [1.29, 1.82) is 5.26 Å². The molecule has 2 N–H and O–H groups in total. The van der Waals surface area contributed by atoms with Crippen molar-refractivity contribution in [2.75, 3.05) is 31.6 Å². The zero-order chi connectivity index (χ0) is 29.6. The highest BCUT2D eigenvalue weighted by molar-refractivity contribution is 6.35. The second-order valence-corrected chi connectivity index (χ2v) is 11.8. The van der Waals surface area contributed by atoms with E-state index in [0.29, 0.717) is 28.6 Å². The van der Waals surface area contributed by atoms with Crippen LogP contribution >= 0.6 is 23.2 Å². The average molecular weight is 599 g/mol. The third-order valence-electron chi connectivity index (χ3n) is 8.31. The van der Waals surface area contributed by atoms with Crippen LogP contribution < -0.4 is 10.6 Å².